The second-order valence-electron chi connectivity index (χ2n) is 6.94. The fourth-order valence-corrected chi connectivity index (χ4v) is 3.24. The van der Waals surface area contributed by atoms with Crippen LogP contribution in [0.15, 0.2) is 53.1 Å². The van der Waals surface area contributed by atoms with Crippen LogP contribution in [0.1, 0.15) is 24.2 Å². The van der Waals surface area contributed by atoms with E-state index in [-0.39, 0.29) is 11.5 Å². The lowest BCUT2D eigenvalue weighted by molar-refractivity contribution is -0.0763. The normalized spacial score (nSPS) is 17.0. The average molecular weight is 336 g/mol. The molecule has 3 aromatic rings. The van der Waals surface area contributed by atoms with Crippen LogP contribution in [0.25, 0.3) is 22.2 Å². The van der Waals surface area contributed by atoms with E-state index in [4.69, 9.17) is 9.26 Å². The summed E-state index contributed by atoms with van der Waals surface area (Å²) in [5.74, 6) is 0.700. The smallest absolute Gasteiger partial charge is 0.254 e. The third-order valence-electron chi connectivity index (χ3n) is 4.47. The molecule has 25 heavy (non-hydrogen) atoms. The van der Waals surface area contributed by atoms with Crippen molar-refractivity contribution in [1.82, 2.24) is 10.1 Å². The number of morpholine rings is 1. The van der Waals surface area contributed by atoms with Gasteiger partial charge in [0, 0.05) is 24.2 Å². The largest absolute Gasteiger partial charge is 0.372 e. The van der Waals surface area contributed by atoms with Crippen molar-refractivity contribution in [2.75, 3.05) is 19.7 Å². The van der Waals surface area contributed by atoms with Gasteiger partial charge in [0.25, 0.3) is 5.91 Å². The SMILES string of the molecule is CC1(C)CN(C(=O)c2ccc3noc(-c4ccccc4)c3c2)CCO1. The first-order valence-corrected chi connectivity index (χ1v) is 8.42. The van der Waals surface area contributed by atoms with E-state index >= 15 is 0 Å². The number of carbonyl (C=O) groups excluding carboxylic acids is 1. The van der Waals surface area contributed by atoms with Gasteiger partial charge in [-0.15, -0.1) is 0 Å². The molecule has 1 aliphatic rings. The standard InChI is InChI=1S/C20H20N2O3/c1-20(2)13-22(10-11-24-20)19(23)15-8-9-17-16(12-15)18(25-21-17)14-6-4-3-5-7-14/h3-9,12H,10-11,13H2,1-2H3. The second-order valence-corrected chi connectivity index (χ2v) is 6.94. The number of hydrogen-bond acceptors (Lipinski definition) is 4. The van der Waals surface area contributed by atoms with E-state index in [1.165, 1.54) is 0 Å². The molecule has 1 aliphatic heterocycles. The first kappa shape index (κ1) is 15.8. The molecule has 2 aromatic carbocycles. The Morgan fingerprint density at radius 3 is 2.72 bits per heavy atom. The van der Waals surface area contributed by atoms with Gasteiger partial charge in [-0.25, -0.2) is 0 Å². The molecule has 4 rings (SSSR count). The molecule has 0 aliphatic carbocycles. The maximum Gasteiger partial charge on any atom is 0.254 e. The van der Waals surface area contributed by atoms with Gasteiger partial charge in [0.15, 0.2) is 5.76 Å². The summed E-state index contributed by atoms with van der Waals surface area (Å²) in [5.41, 5.74) is 2.02. The summed E-state index contributed by atoms with van der Waals surface area (Å²) in [6.07, 6.45) is 0. The fraction of sp³-hybridized carbons (Fsp3) is 0.300. The molecule has 2 heterocycles. The number of ether oxygens (including phenoxy) is 1. The van der Waals surface area contributed by atoms with Gasteiger partial charge in [0.1, 0.15) is 5.52 Å². The molecule has 0 N–H and O–H groups in total. The molecular weight excluding hydrogens is 316 g/mol. The van der Waals surface area contributed by atoms with Crippen molar-refractivity contribution in [3.8, 4) is 11.3 Å². The summed E-state index contributed by atoms with van der Waals surface area (Å²) >= 11 is 0. The number of benzene rings is 2. The molecular formula is C20H20N2O3. The summed E-state index contributed by atoms with van der Waals surface area (Å²) in [5, 5.41) is 4.96. The maximum atomic E-state index is 12.9. The Morgan fingerprint density at radius 2 is 1.96 bits per heavy atom. The van der Waals surface area contributed by atoms with Gasteiger partial charge in [-0.2, -0.15) is 0 Å². The Bertz CT molecular complexity index is 915. The Kier molecular flexibility index (Phi) is 3.81. The molecule has 0 radical (unpaired) electrons. The van der Waals surface area contributed by atoms with Gasteiger partial charge in [-0.3, -0.25) is 4.79 Å². The van der Waals surface area contributed by atoms with E-state index in [0.29, 0.717) is 31.0 Å². The van der Waals surface area contributed by atoms with Crippen molar-refractivity contribution >= 4 is 16.8 Å². The lowest BCUT2D eigenvalue weighted by Gasteiger charge is -2.38. The molecule has 1 fully saturated rings. The summed E-state index contributed by atoms with van der Waals surface area (Å²) in [7, 11) is 0. The number of nitrogens with zero attached hydrogens (tertiary/aromatic N) is 2. The predicted molar refractivity (Wildman–Crippen MR) is 95.4 cm³/mol. The van der Waals surface area contributed by atoms with Gasteiger partial charge in [-0.05, 0) is 32.0 Å². The van der Waals surface area contributed by atoms with Gasteiger partial charge >= 0.3 is 0 Å². The molecule has 1 amide bonds. The van der Waals surface area contributed by atoms with Crippen LogP contribution in [0.4, 0.5) is 0 Å². The summed E-state index contributed by atoms with van der Waals surface area (Å²) in [6.45, 7) is 5.75. The number of carbonyl (C=O) groups is 1. The van der Waals surface area contributed by atoms with Crippen LogP contribution in [0.3, 0.4) is 0 Å². The minimum Gasteiger partial charge on any atom is -0.372 e. The zero-order chi connectivity index (χ0) is 17.4. The highest BCUT2D eigenvalue weighted by molar-refractivity contribution is 6.01. The Labute approximate surface area is 146 Å². The predicted octanol–water partition coefficient (Wildman–Crippen LogP) is 3.75. The zero-order valence-corrected chi connectivity index (χ0v) is 14.4. The van der Waals surface area contributed by atoms with Crippen molar-refractivity contribution in [1.29, 1.82) is 0 Å². The number of rotatable bonds is 2. The lowest BCUT2D eigenvalue weighted by atomic mass is 10.0. The van der Waals surface area contributed by atoms with Gasteiger partial charge in [-0.1, -0.05) is 35.5 Å². The zero-order valence-electron chi connectivity index (χ0n) is 14.4. The Hall–Kier alpha value is -2.66. The maximum absolute atomic E-state index is 12.9. The summed E-state index contributed by atoms with van der Waals surface area (Å²) in [6, 6.07) is 15.3. The lowest BCUT2D eigenvalue weighted by Crippen LogP contribution is -2.50. The van der Waals surface area contributed by atoms with Crippen LogP contribution in [-0.2, 0) is 4.74 Å². The van der Waals surface area contributed by atoms with Gasteiger partial charge < -0.3 is 14.2 Å². The molecule has 1 saturated heterocycles. The van der Waals surface area contributed by atoms with E-state index < -0.39 is 0 Å². The van der Waals surface area contributed by atoms with Crippen LogP contribution in [0.5, 0.6) is 0 Å². The summed E-state index contributed by atoms with van der Waals surface area (Å²) < 4.78 is 11.2. The average Bonchev–Trinajstić information content (AvgIpc) is 3.04. The van der Waals surface area contributed by atoms with Gasteiger partial charge in [0.2, 0.25) is 0 Å². The molecule has 5 heteroatoms. The highest BCUT2D eigenvalue weighted by Crippen LogP contribution is 2.29. The van der Waals surface area contributed by atoms with E-state index in [1.807, 2.05) is 67.3 Å². The number of amides is 1. The van der Waals surface area contributed by atoms with E-state index in [2.05, 4.69) is 5.16 Å². The highest BCUT2D eigenvalue weighted by atomic mass is 16.5. The van der Waals surface area contributed by atoms with E-state index in [0.717, 1.165) is 16.5 Å². The first-order valence-electron chi connectivity index (χ1n) is 8.42. The van der Waals surface area contributed by atoms with Crippen LogP contribution < -0.4 is 0 Å². The van der Waals surface area contributed by atoms with Crippen molar-refractivity contribution in [2.24, 2.45) is 0 Å². The Morgan fingerprint density at radius 1 is 1.16 bits per heavy atom. The number of hydrogen-bond donors (Lipinski definition) is 0. The minimum absolute atomic E-state index is 0.0125. The number of fused-ring (bicyclic) bond motifs is 1. The molecule has 0 saturated carbocycles. The van der Waals surface area contributed by atoms with Crippen LogP contribution in [-0.4, -0.2) is 41.3 Å². The van der Waals surface area contributed by atoms with Crippen LogP contribution in [0.2, 0.25) is 0 Å². The molecule has 5 nitrogen and oxygen atoms in total. The van der Waals surface area contributed by atoms with Crippen molar-refractivity contribution in [3.63, 3.8) is 0 Å². The molecule has 0 spiro atoms. The monoisotopic (exact) mass is 336 g/mol. The van der Waals surface area contributed by atoms with Crippen molar-refractivity contribution in [2.45, 2.75) is 19.4 Å². The first-order chi connectivity index (χ1) is 12.0. The molecule has 0 bridgehead atoms. The molecule has 0 unspecified atom stereocenters. The highest BCUT2D eigenvalue weighted by Gasteiger charge is 2.30. The fourth-order valence-electron chi connectivity index (χ4n) is 3.24. The van der Waals surface area contributed by atoms with E-state index in [1.54, 1.807) is 0 Å². The van der Waals surface area contributed by atoms with Crippen molar-refractivity contribution < 1.29 is 14.1 Å². The van der Waals surface area contributed by atoms with Crippen molar-refractivity contribution in [3.05, 3.63) is 54.1 Å². The third-order valence-corrected chi connectivity index (χ3v) is 4.47. The van der Waals surface area contributed by atoms with Crippen LogP contribution in [0, 0.1) is 0 Å². The third kappa shape index (κ3) is 3.03. The quantitative estimate of drug-likeness (QED) is 0.715. The molecule has 0 atom stereocenters. The second kappa shape index (κ2) is 6.01. The summed E-state index contributed by atoms with van der Waals surface area (Å²) in [4.78, 5) is 14.8. The van der Waals surface area contributed by atoms with Gasteiger partial charge in [0.05, 0.1) is 17.6 Å². The van der Waals surface area contributed by atoms with E-state index in [9.17, 15) is 4.79 Å². The molecule has 1 aromatic heterocycles. The minimum atomic E-state index is -0.315. The topological polar surface area (TPSA) is 55.6 Å². The molecule has 128 valence electrons. The Balaban J connectivity index is 1.70. The van der Waals surface area contributed by atoms with Crippen LogP contribution >= 0.6 is 0 Å². The number of aromatic nitrogens is 1.